The molecule has 2 aromatic carbocycles. The Bertz CT molecular complexity index is 729. The summed E-state index contributed by atoms with van der Waals surface area (Å²) in [4.78, 5) is 1.96. The first-order valence-electron chi connectivity index (χ1n) is 8.20. The SMILES string of the molecule is CC(C)CO[P@@](=O)(c1ccc(N(C)C)cc1)[C@H](O)c1ccc(Cl)cc1. The zero-order valence-corrected chi connectivity index (χ0v) is 16.7. The van der Waals surface area contributed by atoms with Gasteiger partial charge in [-0.15, -0.1) is 0 Å². The Hall–Kier alpha value is -1.32. The minimum Gasteiger partial charge on any atom is -0.378 e. The molecule has 0 aliphatic carbocycles. The second kappa shape index (κ2) is 8.37. The maximum absolute atomic E-state index is 13.7. The molecule has 1 N–H and O–H groups in total. The first kappa shape index (κ1) is 20.0. The number of benzene rings is 2. The standard InChI is InChI=1S/C19H25ClNO3P/c1-14(2)13-24-25(23,18-11-9-17(10-12-18)21(3)4)19(22)15-5-7-16(20)8-6-15/h5-12,14,19,22H,13H2,1-4H3/t19-,25-/m0/s1. The van der Waals surface area contributed by atoms with Crippen molar-refractivity contribution in [1.29, 1.82) is 0 Å². The third-order valence-corrected chi connectivity index (χ3v) is 6.56. The van der Waals surface area contributed by atoms with E-state index in [-0.39, 0.29) is 5.92 Å². The fourth-order valence-corrected chi connectivity index (χ4v) is 4.68. The summed E-state index contributed by atoms with van der Waals surface area (Å²) in [6.07, 6.45) is 0. The van der Waals surface area contributed by atoms with Gasteiger partial charge < -0.3 is 14.5 Å². The molecule has 25 heavy (non-hydrogen) atoms. The molecule has 0 amide bonds. The predicted octanol–water partition coefficient (Wildman–Crippen LogP) is 4.67. The van der Waals surface area contributed by atoms with E-state index in [0.29, 0.717) is 22.5 Å². The molecule has 0 aliphatic heterocycles. The number of aliphatic hydroxyl groups excluding tert-OH is 1. The Balaban J connectivity index is 2.42. The van der Waals surface area contributed by atoms with Gasteiger partial charge in [-0.1, -0.05) is 37.6 Å². The van der Waals surface area contributed by atoms with Gasteiger partial charge in [-0.05, 0) is 47.9 Å². The van der Waals surface area contributed by atoms with Crippen LogP contribution in [0.25, 0.3) is 0 Å². The van der Waals surface area contributed by atoms with E-state index in [4.69, 9.17) is 16.1 Å². The molecule has 0 heterocycles. The second-order valence-corrected chi connectivity index (χ2v) is 9.52. The number of hydrogen-bond acceptors (Lipinski definition) is 4. The molecule has 2 atom stereocenters. The fraction of sp³-hybridized carbons (Fsp3) is 0.368. The quantitative estimate of drug-likeness (QED) is 0.708. The van der Waals surface area contributed by atoms with E-state index in [1.54, 1.807) is 36.4 Å². The Labute approximate surface area is 154 Å². The highest BCUT2D eigenvalue weighted by Crippen LogP contribution is 2.58. The Morgan fingerprint density at radius 1 is 1.08 bits per heavy atom. The van der Waals surface area contributed by atoms with Crippen LogP contribution in [0.1, 0.15) is 25.3 Å². The minimum absolute atomic E-state index is 0.201. The van der Waals surface area contributed by atoms with Crippen molar-refractivity contribution in [3.8, 4) is 0 Å². The summed E-state index contributed by atoms with van der Waals surface area (Å²) in [5.41, 5.74) is 1.51. The van der Waals surface area contributed by atoms with Crippen LogP contribution >= 0.6 is 19.0 Å². The van der Waals surface area contributed by atoms with Crippen LogP contribution in [-0.4, -0.2) is 25.8 Å². The van der Waals surface area contributed by atoms with E-state index in [9.17, 15) is 9.67 Å². The van der Waals surface area contributed by atoms with Crippen LogP contribution in [-0.2, 0) is 9.09 Å². The Morgan fingerprint density at radius 3 is 2.12 bits per heavy atom. The van der Waals surface area contributed by atoms with Crippen LogP contribution in [0.5, 0.6) is 0 Å². The molecule has 0 fully saturated rings. The van der Waals surface area contributed by atoms with Gasteiger partial charge in [0.15, 0.2) is 5.85 Å². The first-order chi connectivity index (χ1) is 11.7. The van der Waals surface area contributed by atoms with E-state index in [2.05, 4.69) is 0 Å². The summed E-state index contributed by atoms with van der Waals surface area (Å²) < 4.78 is 19.4. The van der Waals surface area contributed by atoms with Gasteiger partial charge >= 0.3 is 0 Å². The number of nitrogens with zero attached hydrogens (tertiary/aromatic N) is 1. The summed E-state index contributed by atoms with van der Waals surface area (Å²) in [6.45, 7) is 4.26. The van der Waals surface area contributed by atoms with Crippen molar-refractivity contribution in [3.63, 3.8) is 0 Å². The predicted molar refractivity (Wildman–Crippen MR) is 105 cm³/mol. The van der Waals surface area contributed by atoms with Crippen molar-refractivity contribution in [1.82, 2.24) is 0 Å². The molecule has 136 valence electrons. The molecule has 6 heteroatoms. The smallest absolute Gasteiger partial charge is 0.264 e. The second-order valence-electron chi connectivity index (χ2n) is 6.62. The van der Waals surface area contributed by atoms with E-state index in [1.165, 1.54) is 0 Å². The van der Waals surface area contributed by atoms with E-state index in [1.807, 2.05) is 45.0 Å². The van der Waals surface area contributed by atoms with E-state index in [0.717, 1.165) is 5.69 Å². The molecule has 0 aliphatic rings. The van der Waals surface area contributed by atoms with Crippen LogP contribution in [0.4, 0.5) is 5.69 Å². The topological polar surface area (TPSA) is 49.8 Å². The third-order valence-electron chi connectivity index (χ3n) is 3.82. The van der Waals surface area contributed by atoms with Crippen LogP contribution in [0.3, 0.4) is 0 Å². The van der Waals surface area contributed by atoms with Gasteiger partial charge in [0.25, 0.3) is 7.37 Å². The molecule has 0 unspecified atom stereocenters. The first-order valence-corrected chi connectivity index (χ1v) is 10.3. The highest BCUT2D eigenvalue weighted by atomic mass is 35.5. The molecule has 2 rings (SSSR count). The summed E-state index contributed by atoms with van der Waals surface area (Å²) >= 11 is 5.91. The number of rotatable bonds is 7. The van der Waals surface area contributed by atoms with Crippen LogP contribution in [0.2, 0.25) is 5.02 Å². The third kappa shape index (κ3) is 4.86. The highest BCUT2D eigenvalue weighted by Gasteiger charge is 2.36. The van der Waals surface area contributed by atoms with Gasteiger partial charge in [0, 0.05) is 30.1 Å². The molecule has 0 bridgehead atoms. The Kier molecular flexibility index (Phi) is 6.70. The lowest BCUT2D eigenvalue weighted by molar-refractivity contribution is 0.203. The summed E-state index contributed by atoms with van der Waals surface area (Å²) in [6, 6.07) is 13.9. The lowest BCUT2D eigenvalue weighted by Gasteiger charge is -2.26. The molecule has 0 aromatic heterocycles. The lowest BCUT2D eigenvalue weighted by atomic mass is 10.2. The van der Waals surface area contributed by atoms with Gasteiger partial charge in [-0.2, -0.15) is 0 Å². The lowest BCUT2D eigenvalue weighted by Crippen LogP contribution is -2.17. The van der Waals surface area contributed by atoms with Crippen molar-refractivity contribution in [2.75, 3.05) is 25.6 Å². The van der Waals surface area contributed by atoms with Gasteiger partial charge in [-0.3, -0.25) is 4.57 Å². The monoisotopic (exact) mass is 381 g/mol. The van der Waals surface area contributed by atoms with E-state index >= 15 is 0 Å². The van der Waals surface area contributed by atoms with Crippen LogP contribution in [0, 0.1) is 5.92 Å². The number of aliphatic hydroxyl groups is 1. The van der Waals surface area contributed by atoms with Crippen molar-refractivity contribution < 1.29 is 14.2 Å². The van der Waals surface area contributed by atoms with Crippen LogP contribution < -0.4 is 10.2 Å². The molecule has 0 saturated carbocycles. The zero-order chi connectivity index (χ0) is 18.6. The molecular weight excluding hydrogens is 357 g/mol. The molecule has 0 radical (unpaired) electrons. The average Bonchev–Trinajstić information content (AvgIpc) is 2.59. The normalized spacial score (nSPS) is 15.0. The van der Waals surface area contributed by atoms with Crippen LogP contribution in [0.15, 0.2) is 48.5 Å². The van der Waals surface area contributed by atoms with Crippen molar-refractivity contribution >= 4 is 30.0 Å². The number of anilines is 1. The molecule has 2 aromatic rings. The van der Waals surface area contributed by atoms with Gasteiger partial charge in [0.05, 0.1) is 6.61 Å². The maximum atomic E-state index is 13.7. The van der Waals surface area contributed by atoms with Crippen molar-refractivity contribution in [2.24, 2.45) is 5.92 Å². The van der Waals surface area contributed by atoms with E-state index < -0.39 is 13.2 Å². The minimum atomic E-state index is -3.51. The van der Waals surface area contributed by atoms with Crippen molar-refractivity contribution in [2.45, 2.75) is 19.7 Å². The van der Waals surface area contributed by atoms with Gasteiger partial charge in [0.1, 0.15) is 0 Å². The zero-order valence-electron chi connectivity index (χ0n) is 15.0. The maximum Gasteiger partial charge on any atom is 0.264 e. The average molecular weight is 382 g/mol. The molecule has 4 nitrogen and oxygen atoms in total. The fourth-order valence-electron chi connectivity index (χ4n) is 2.34. The van der Waals surface area contributed by atoms with Crippen molar-refractivity contribution in [3.05, 3.63) is 59.1 Å². The summed E-state index contributed by atoms with van der Waals surface area (Å²) in [5.74, 6) is -1.04. The molecule has 0 spiro atoms. The van der Waals surface area contributed by atoms with Gasteiger partial charge in [0.2, 0.25) is 0 Å². The number of hydrogen-bond donors (Lipinski definition) is 1. The Morgan fingerprint density at radius 2 is 1.64 bits per heavy atom. The van der Waals surface area contributed by atoms with Gasteiger partial charge in [-0.25, -0.2) is 0 Å². The summed E-state index contributed by atoms with van der Waals surface area (Å²) in [5, 5.41) is 11.9. The summed E-state index contributed by atoms with van der Waals surface area (Å²) in [7, 11) is 0.364. The molecule has 0 saturated heterocycles. The highest BCUT2D eigenvalue weighted by molar-refractivity contribution is 7.67. The number of halogens is 1. The molecular formula is C19H25ClNO3P. The largest absolute Gasteiger partial charge is 0.378 e.